The van der Waals surface area contributed by atoms with E-state index in [1.165, 1.54) is 5.56 Å². The van der Waals surface area contributed by atoms with E-state index >= 15 is 0 Å². The van der Waals surface area contributed by atoms with Crippen LogP contribution in [0, 0.1) is 6.92 Å². The van der Waals surface area contributed by atoms with Gasteiger partial charge in [0.25, 0.3) is 5.91 Å². The molecule has 0 saturated carbocycles. The lowest BCUT2D eigenvalue weighted by Crippen LogP contribution is -2.45. The van der Waals surface area contributed by atoms with Crippen LogP contribution >= 0.6 is 0 Å². The summed E-state index contributed by atoms with van der Waals surface area (Å²) < 4.78 is 1.93. The first-order chi connectivity index (χ1) is 13.0. The minimum Gasteiger partial charge on any atom is -0.370 e. The molecule has 2 amide bonds. The maximum atomic E-state index is 13.3. The topological polar surface area (TPSA) is 81.2 Å². The van der Waals surface area contributed by atoms with Gasteiger partial charge in [-0.1, -0.05) is 17.7 Å². The number of amides is 2. The summed E-state index contributed by atoms with van der Waals surface area (Å²) in [6.07, 6.45) is 5.91. The predicted octanol–water partition coefficient (Wildman–Crippen LogP) is 2.54. The number of rotatable bonds is 4. The van der Waals surface area contributed by atoms with Crippen molar-refractivity contribution in [3.8, 4) is 5.69 Å². The van der Waals surface area contributed by atoms with Crippen molar-refractivity contribution in [2.24, 2.45) is 5.73 Å². The van der Waals surface area contributed by atoms with Crippen LogP contribution in [-0.2, 0) is 17.6 Å². The molecule has 0 bridgehead atoms. The van der Waals surface area contributed by atoms with Gasteiger partial charge in [0.15, 0.2) is 5.69 Å². The molecule has 2 aliphatic rings. The minimum atomic E-state index is -0.352. The maximum absolute atomic E-state index is 13.3. The minimum absolute atomic E-state index is 0.0510. The second kappa shape index (κ2) is 7.18. The number of carbonyl (C=O) groups is 2. The van der Waals surface area contributed by atoms with E-state index in [9.17, 15) is 9.59 Å². The number of aromatic nitrogens is 2. The highest BCUT2D eigenvalue weighted by atomic mass is 16.2. The summed E-state index contributed by atoms with van der Waals surface area (Å²) in [4.78, 5) is 26.6. The zero-order valence-electron chi connectivity index (χ0n) is 15.8. The highest BCUT2D eigenvalue weighted by Crippen LogP contribution is 2.30. The van der Waals surface area contributed by atoms with Crippen molar-refractivity contribution >= 4 is 11.8 Å². The van der Waals surface area contributed by atoms with Gasteiger partial charge in [-0.2, -0.15) is 5.10 Å². The highest BCUT2D eigenvalue weighted by molar-refractivity contribution is 5.95. The van der Waals surface area contributed by atoms with Crippen LogP contribution in [-0.4, -0.2) is 39.1 Å². The summed E-state index contributed by atoms with van der Waals surface area (Å²) in [6, 6.07) is 8.11. The molecule has 1 aromatic heterocycles. The van der Waals surface area contributed by atoms with Crippen molar-refractivity contribution in [3.05, 3.63) is 46.8 Å². The number of aryl methyl sites for hydroxylation is 1. The van der Waals surface area contributed by atoms with Gasteiger partial charge in [0.05, 0.1) is 5.69 Å². The summed E-state index contributed by atoms with van der Waals surface area (Å²) in [5.74, 6) is -0.403. The molecule has 2 aromatic rings. The van der Waals surface area contributed by atoms with Crippen LogP contribution < -0.4 is 5.73 Å². The Labute approximate surface area is 159 Å². The lowest BCUT2D eigenvalue weighted by atomic mass is 9.98. The third kappa shape index (κ3) is 3.36. The third-order valence-corrected chi connectivity index (χ3v) is 5.74. The molecule has 4 rings (SSSR count). The van der Waals surface area contributed by atoms with Crippen molar-refractivity contribution in [3.63, 3.8) is 0 Å². The molecule has 2 N–H and O–H groups in total. The molecular weight excluding hydrogens is 340 g/mol. The zero-order valence-corrected chi connectivity index (χ0v) is 15.8. The molecule has 1 fully saturated rings. The summed E-state index contributed by atoms with van der Waals surface area (Å²) in [6.45, 7) is 2.73. The maximum Gasteiger partial charge on any atom is 0.274 e. The van der Waals surface area contributed by atoms with Gasteiger partial charge in [-0.3, -0.25) is 9.59 Å². The SMILES string of the molecule is Cc1ccc(-n2nc(C(=O)N3CCCC[C@@H]3CC(N)=O)c3c2CCC3)cc1. The second-order valence-corrected chi connectivity index (χ2v) is 7.69. The average Bonchev–Trinajstić information content (AvgIpc) is 3.24. The highest BCUT2D eigenvalue weighted by Gasteiger charge is 2.34. The van der Waals surface area contributed by atoms with E-state index in [0.717, 1.165) is 55.5 Å². The number of primary amides is 1. The molecule has 2 heterocycles. The van der Waals surface area contributed by atoms with E-state index in [4.69, 9.17) is 10.8 Å². The molecule has 0 radical (unpaired) electrons. The van der Waals surface area contributed by atoms with Crippen LogP contribution in [0.1, 0.15) is 59.4 Å². The van der Waals surface area contributed by atoms with Gasteiger partial charge in [-0.05, 0) is 57.6 Å². The zero-order chi connectivity index (χ0) is 19.0. The largest absolute Gasteiger partial charge is 0.370 e. The quantitative estimate of drug-likeness (QED) is 0.903. The molecule has 6 nitrogen and oxygen atoms in total. The predicted molar refractivity (Wildman–Crippen MR) is 103 cm³/mol. The van der Waals surface area contributed by atoms with E-state index in [1.807, 2.05) is 21.7 Å². The Hall–Kier alpha value is -2.63. The first-order valence-electron chi connectivity index (χ1n) is 9.81. The molecule has 0 unspecified atom stereocenters. The summed E-state index contributed by atoms with van der Waals surface area (Å²) >= 11 is 0. The number of hydrogen-bond donors (Lipinski definition) is 1. The molecular formula is C21H26N4O2. The van der Waals surface area contributed by atoms with Gasteiger partial charge in [0.2, 0.25) is 5.91 Å². The normalized spacial score (nSPS) is 19.1. The Balaban J connectivity index is 1.69. The number of carbonyl (C=O) groups excluding carboxylic acids is 2. The van der Waals surface area contributed by atoms with Gasteiger partial charge in [0, 0.05) is 30.3 Å². The van der Waals surface area contributed by atoms with Gasteiger partial charge >= 0.3 is 0 Å². The van der Waals surface area contributed by atoms with Crippen molar-refractivity contribution < 1.29 is 9.59 Å². The molecule has 1 atom stereocenters. The van der Waals surface area contributed by atoms with Gasteiger partial charge in [-0.25, -0.2) is 4.68 Å². The van der Waals surface area contributed by atoms with E-state index in [2.05, 4.69) is 19.1 Å². The number of hydrogen-bond acceptors (Lipinski definition) is 3. The number of piperidine rings is 1. The number of likely N-dealkylation sites (tertiary alicyclic amines) is 1. The summed E-state index contributed by atoms with van der Waals surface area (Å²) in [7, 11) is 0. The molecule has 1 aromatic carbocycles. The molecule has 1 saturated heterocycles. The monoisotopic (exact) mass is 366 g/mol. The second-order valence-electron chi connectivity index (χ2n) is 7.69. The standard InChI is InChI=1S/C21H26N4O2/c1-14-8-10-15(11-9-14)25-18-7-4-6-17(18)20(23-25)21(27)24-12-3-2-5-16(24)13-19(22)26/h8-11,16H,2-7,12-13H2,1H3,(H2,22,26)/t16-/m1/s1. The molecule has 0 spiro atoms. The van der Waals surface area contributed by atoms with Gasteiger partial charge in [0.1, 0.15) is 0 Å². The van der Waals surface area contributed by atoms with Crippen LogP contribution in [0.15, 0.2) is 24.3 Å². The van der Waals surface area contributed by atoms with Gasteiger partial charge < -0.3 is 10.6 Å². The molecule has 142 valence electrons. The van der Waals surface area contributed by atoms with Crippen molar-refractivity contribution in [1.29, 1.82) is 0 Å². The number of benzene rings is 1. The molecule has 6 heteroatoms. The van der Waals surface area contributed by atoms with E-state index < -0.39 is 0 Å². The lowest BCUT2D eigenvalue weighted by Gasteiger charge is -2.34. The Bertz CT molecular complexity index is 869. The first-order valence-corrected chi connectivity index (χ1v) is 9.81. The average molecular weight is 366 g/mol. The van der Waals surface area contributed by atoms with Crippen LogP contribution in [0.4, 0.5) is 0 Å². The summed E-state index contributed by atoms with van der Waals surface area (Å²) in [5, 5.41) is 4.73. The van der Waals surface area contributed by atoms with E-state index in [0.29, 0.717) is 12.2 Å². The van der Waals surface area contributed by atoms with Crippen LogP contribution in [0.25, 0.3) is 5.69 Å². The van der Waals surface area contributed by atoms with Crippen LogP contribution in [0.5, 0.6) is 0 Å². The molecule has 27 heavy (non-hydrogen) atoms. The van der Waals surface area contributed by atoms with Crippen molar-refractivity contribution in [2.75, 3.05) is 6.54 Å². The van der Waals surface area contributed by atoms with Crippen molar-refractivity contribution in [1.82, 2.24) is 14.7 Å². The fourth-order valence-corrected chi connectivity index (χ4v) is 4.36. The Morgan fingerprint density at radius 3 is 2.67 bits per heavy atom. The van der Waals surface area contributed by atoms with Crippen molar-refractivity contribution in [2.45, 2.75) is 57.9 Å². The smallest absolute Gasteiger partial charge is 0.274 e. The van der Waals surface area contributed by atoms with Gasteiger partial charge in [-0.15, -0.1) is 0 Å². The fourth-order valence-electron chi connectivity index (χ4n) is 4.36. The number of nitrogens with two attached hydrogens (primary N) is 1. The number of nitrogens with zero attached hydrogens (tertiary/aromatic N) is 3. The molecule has 1 aliphatic heterocycles. The Kier molecular flexibility index (Phi) is 4.72. The van der Waals surface area contributed by atoms with Crippen LogP contribution in [0.3, 0.4) is 0 Å². The molecule has 1 aliphatic carbocycles. The third-order valence-electron chi connectivity index (χ3n) is 5.74. The lowest BCUT2D eigenvalue weighted by molar-refractivity contribution is -0.119. The van der Waals surface area contributed by atoms with E-state index in [-0.39, 0.29) is 24.3 Å². The number of fused-ring (bicyclic) bond motifs is 1. The van der Waals surface area contributed by atoms with Crippen LogP contribution in [0.2, 0.25) is 0 Å². The Morgan fingerprint density at radius 1 is 1.15 bits per heavy atom. The fraction of sp³-hybridized carbons (Fsp3) is 0.476. The van der Waals surface area contributed by atoms with E-state index in [1.54, 1.807) is 0 Å². The first kappa shape index (κ1) is 17.8. The Morgan fingerprint density at radius 2 is 1.93 bits per heavy atom. The summed E-state index contributed by atoms with van der Waals surface area (Å²) in [5.41, 5.74) is 10.4.